The van der Waals surface area contributed by atoms with Crippen molar-refractivity contribution in [2.75, 3.05) is 57.9 Å². The minimum absolute atomic E-state index is 0.178. The lowest BCUT2D eigenvalue weighted by molar-refractivity contribution is 0.0362. The highest BCUT2D eigenvalue weighted by Gasteiger charge is 2.22. The standard InChI is InChI=1S/C14H20N2O3.C12H17N5.C6H5F.C2H6/c1-11-9-13(10-17)14(18)16(12(11)2)4-3-15-5-7-19-8-6-15;1-9-7-14-11-3-4-12(15-17(9)11)16-6-5-10(8-16)13-2;7-6-4-2-1-3-5-6;1-2/h9-10H,3-8H2,1-2H3;3-4,7,10,13H,5-6,8H2,1-2H3;1-5H;1-2H3/t;10-;;/m.0../s1. The van der Waals surface area contributed by atoms with Gasteiger partial charge in [0.05, 0.1) is 30.7 Å². The number of aldehydes is 1. The molecule has 10 nitrogen and oxygen atoms in total. The first-order chi connectivity index (χ1) is 21.8. The van der Waals surface area contributed by atoms with E-state index in [2.05, 4.69) is 31.3 Å². The summed E-state index contributed by atoms with van der Waals surface area (Å²) < 4.78 is 20.8. The normalized spacial score (nSPS) is 16.2. The largest absolute Gasteiger partial charge is 0.379 e. The number of fused-ring (bicyclic) bond motifs is 1. The Hall–Kier alpha value is -3.93. The first-order valence-corrected chi connectivity index (χ1v) is 15.7. The average molecular weight is 622 g/mol. The van der Waals surface area contributed by atoms with Crippen LogP contribution in [0.5, 0.6) is 0 Å². The van der Waals surface area contributed by atoms with Crippen molar-refractivity contribution in [2.45, 2.75) is 53.6 Å². The number of nitrogens with zero attached hydrogens (tertiary/aromatic N) is 6. The Morgan fingerprint density at radius 3 is 2.33 bits per heavy atom. The number of carbonyl (C=O) groups is 1. The topological polar surface area (TPSA) is 97.0 Å². The second kappa shape index (κ2) is 18.1. The third-order valence-corrected chi connectivity index (χ3v) is 7.88. The maximum absolute atomic E-state index is 12.1. The van der Waals surface area contributed by atoms with Crippen molar-refractivity contribution in [3.8, 4) is 0 Å². The van der Waals surface area contributed by atoms with E-state index in [9.17, 15) is 14.0 Å². The quantitative estimate of drug-likeness (QED) is 0.319. The SMILES string of the molecule is CC.CN[C@H]1CCN(c2ccc3ncc(C)n3n2)C1.Cc1cc(C=O)c(=O)n(CCN2CCOCC2)c1C.Fc1ccccc1. The number of hydrogen-bond acceptors (Lipinski definition) is 8. The molecule has 244 valence electrons. The van der Waals surface area contributed by atoms with Crippen molar-refractivity contribution in [3.05, 3.63) is 93.4 Å². The molecule has 0 aliphatic carbocycles. The molecule has 45 heavy (non-hydrogen) atoms. The molecule has 0 amide bonds. The summed E-state index contributed by atoms with van der Waals surface area (Å²) in [7, 11) is 2.02. The third kappa shape index (κ3) is 10.0. The molecule has 0 spiro atoms. The maximum atomic E-state index is 12.1. The van der Waals surface area contributed by atoms with Crippen LogP contribution in [0.15, 0.2) is 59.5 Å². The molecule has 2 fully saturated rings. The molecule has 4 aromatic rings. The number of aromatic nitrogens is 4. The smallest absolute Gasteiger partial charge is 0.261 e. The van der Waals surface area contributed by atoms with Gasteiger partial charge in [0.15, 0.2) is 11.9 Å². The van der Waals surface area contributed by atoms with Gasteiger partial charge in [-0.25, -0.2) is 13.9 Å². The van der Waals surface area contributed by atoms with Gasteiger partial charge in [-0.2, -0.15) is 0 Å². The summed E-state index contributed by atoms with van der Waals surface area (Å²) in [4.78, 5) is 31.9. The molecule has 5 heterocycles. The van der Waals surface area contributed by atoms with Gasteiger partial charge in [0.1, 0.15) is 11.6 Å². The van der Waals surface area contributed by atoms with Gasteiger partial charge < -0.3 is 19.5 Å². The van der Waals surface area contributed by atoms with Crippen LogP contribution >= 0.6 is 0 Å². The lowest BCUT2D eigenvalue weighted by atomic mass is 10.1. The number of anilines is 1. The van der Waals surface area contributed by atoms with E-state index in [0.717, 1.165) is 74.4 Å². The highest BCUT2D eigenvalue weighted by atomic mass is 19.1. The van der Waals surface area contributed by atoms with E-state index in [-0.39, 0.29) is 16.9 Å². The van der Waals surface area contributed by atoms with Crippen molar-refractivity contribution in [3.63, 3.8) is 0 Å². The number of benzene rings is 1. The van der Waals surface area contributed by atoms with E-state index < -0.39 is 0 Å². The fraction of sp³-hybridized carbons (Fsp3) is 0.471. The molecule has 1 aromatic carbocycles. The predicted octanol–water partition coefficient (Wildman–Crippen LogP) is 4.30. The fourth-order valence-corrected chi connectivity index (χ4v) is 5.11. The second-order valence-corrected chi connectivity index (χ2v) is 10.8. The molecule has 2 saturated heterocycles. The number of hydrogen-bond donors (Lipinski definition) is 1. The molecule has 0 radical (unpaired) electrons. The lowest BCUT2D eigenvalue weighted by Gasteiger charge is -2.27. The number of halogens is 1. The summed E-state index contributed by atoms with van der Waals surface area (Å²) in [6.45, 7) is 16.7. The molecule has 0 bridgehead atoms. The van der Waals surface area contributed by atoms with Gasteiger partial charge in [0.25, 0.3) is 5.56 Å². The van der Waals surface area contributed by atoms with Crippen LogP contribution in [0, 0.1) is 26.6 Å². The minimum atomic E-state index is -0.189. The summed E-state index contributed by atoms with van der Waals surface area (Å²) in [5, 5.41) is 7.96. The molecule has 11 heteroatoms. The molecule has 1 atom stereocenters. The highest BCUT2D eigenvalue weighted by Crippen LogP contribution is 2.18. The Kier molecular flexibility index (Phi) is 14.3. The van der Waals surface area contributed by atoms with Crippen LogP contribution in [-0.4, -0.2) is 89.4 Å². The third-order valence-electron chi connectivity index (χ3n) is 7.88. The zero-order valence-corrected chi connectivity index (χ0v) is 27.5. The zero-order valence-electron chi connectivity index (χ0n) is 27.5. The molecule has 2 aliphatic rings. The molecule has 6 rings (SSSR count). The predicted molar refractivity (Wildman–Crippen MR) is 178 cm³/mol. The van der Waals surface area contributed by atoms with Gasteiger partial charge in [-0.3, -0.25) is 14.5 Å². The van der Waals surface area contributed by atoms with E-state index in [4.69, 9.17) is 4.74 Å². The highest BCUT2D eigenvalue weighted by molar-refractivity contribution is 5.74. The summed E-state index contributed by atoms with van der Waals surface area (Å²) in [5.41, 5.74) is 3.95. The molecule has 0 unspecified atom stereocenters. The first kappa shape index (κ1) is 35.5. The summed E-state index contributed by atoms with van der Waals surface area (Å²) in [5.74, 6) is 0.860. The number of morpholine rings is 1. The lowest BCUT2D eigenvalue weighted by Crippen LogP contribution is -2.40. The monoisotopic (exact) mass is 621 g/mol. The van der Waals surface area contributed by atoms with Gasteiger partial charge in [0.2, 0.25) is 0 Å². The Bertz CT molecular complexity index is 1530. The van der Waals surface area contributed by atoms with Crippen LogP contribution in [-0.2, 0) is 11.3 Å². The molecular formula is C34H48FN7O3. The zero-order chi connectivity index (χ0) is 32.8. The summed E-state index contributed by atoms with van der Waals surface area (Å²) in [6.07, 6.45) is 3.67. The van der Waals surface area contributed by atoms with Gasteiger partial charge in [-0.15, -0.1) is 5.10 Å². The van der Waals surface area contributed by atoms with E-state index >= 15 is 0 Å². The molecular weight excluding hydrogens is 573 g/mol. The van der Waals surface area contributed by atoms with Crippen molar-refractivity contribution in [2.24, 2.45) is 0 Å². The number of imidazole rings is 1. The van der Waals surface area contributed by atoms with Gasteiger partial charge in [-0.1, -0.05) is 32.0 Å². The number of nitrogens with one attached hydrogen (secondary N) is 1. The molecule has 0 saturated carbocycles. The summed E-state index contributed by atoms with van der Waals surface area (Å²) in [6, 6.07) is 14.3. The van der Waals surface area contributed by atoms with Crippen molar-refractivity contribution in [1.82, 2.24) is 29.4 Å². The second-order valence-electron chi connectivity index (χ2n) is 10.8. The number of carbonyl (C=O) groups excluding carboxylic acids is 1. The molecule has 3 aromatic heterocycles. The van der Waals surface area contributed by atoms with Crippen LogP contribution in [0.3, 0.4) is 0 Å². The van der Waals surface area contributed by atoms with Crippen LogP contribution in [0.2, 0.25) is 0 Å². The number of aryl methyl sites for hydroxylation is 2. The first-order valence-electron chi connectivity index (χ1n) is 15.7. The number of likely N-dealkylation sites (N-methyl/N-ethyl adjacent to an activating group) is 1. The molecule has 2 aliphatic heterocycles. The Morgan fingerprint density at radius 2 is 1.73 bits per heavy atom. The maximum Gasteiger partial charge on any atom is 0.261 e. The van der Waals surface area contributed by atoms with Crippen molar-refractivity contribution < 1.29 is 13.9 Å². The van der Waals surface area contributed by atoms with E-state index in [0.29, 0.717) is 18.9 Å². The average Bonchev–Trinajstić information content (AvgIpc) is 3.72. The van der Waals surface area contributed by atoms with Crippen LogP contribution in [0.25, 0.3) is 5.65 Å². The van der Waals surface area contributed by atoms with Crippen LogP contribution in [0.1, 0.15) is 47.6 Å². The van der Waals surface area contributed by atoms with Crippen LogP contribution in [0.4, 0.5) is 10.2 Å². The van der Waals surface area contributed by atoms with E-state index in [1.54, 1.807) is 28.8 Å². The minimum Gasteiger partial charge on any atom is -0.379 e. The van der Waals surface area contributed by atoms with E-state index in [1.165, 1.54) is 18.6 Å². The summed E-state index contributed by atoms with van der Waals surface area (Å²) >= 11 is 0. The molecule has 1 N–H and O–H groups in total. The Morgan fingerprint density at radius 1 is 1.02 bits per heavy atom. The fourth-order valence-electron chi connectivity index (χ4n) is 5.11. The van der Waals surface area contributed by atoms with E-state index in [1.807, 2.05) is 58.4 Å². The van der Waals surface area contributed by atoms with Crippen molar-refractivity contribution >= 4 is 17.8 Å². The Labute approximate surface area is 265 Å². The number of ether oxygens (including phenoxy) is 1. The van der Waals surface area contributed by atoms with Gasteiger partial charge in [-0.05, 0) is 70.1 Å². The number of pyridine rings is 1. The number of rotatable bonds is 6. The Balaban J connectivity index is 0.000000194. The van der Waals surface area contributed by atoms with Gasteiger partial charge >= 0.3 is 0 Å². The van der Waals surface area contributed by atoms with Crippen molar-refractivity contribution in [1.29, 1.82) is 0 Å². The van der Waals surface area contributed by atoms with Gasteiger partial charge in [0, 0.05) is 51.0 Å². The van der Waals surface area contributed by atoms with Crippen LogP contribution < -0.4 is 15.8 Å².